The minimum atomic E-state index is 0.709. The maximum Gasteiger partial charge on any atom is 0.121 e. The van der Waals surface area contributed by atoms with Gasteiger partial charge in [0.25, 0.3) is 0 Å². The van der Waals surface area contributed by atoms with Crippen molar-refractivity contribution in [3.8, 4) is 0 Å². The smallest absolute Gasteiger partial charge is 0.121 e. The summed E-state index contributed by atoms with van der Waals surface area (Å²) >= 11 is 3.51. The summed E-state index contributed by atoms with van der Waals surface area (Å²) in [5, 5.41) is 2.22. The van der Waals surface area contributed by atoms with Crippen LogP contribution in [0.3, 0.4) is 0 Å². The molecule has 0 spiro atoms. The van der Waals surface area contributed by atoms with Crippen LogP contribution in [-0.2, 0) is 19.6 Å². The van der Waals surface area contributed by atoms with E-state index in [0.29, 0.717) is 6.54 Å². The Morgan fingerprint density at radius 1 is 0.613 bits per heavy atom. The van der Waals surface area contributed by atoms with Crippen molar-refractivity contribution < 1.29 is 0 Å². The number of benzene rings is 3. The summed E-state index contributed by atoms with van der Waals surface area (Å²) in [6.07, 6.45) is 0. The van der Waals surface area contributed by atoms with Crippen LogP contribution in [0.4, 0.5) is 0 Å². The normalized spacial score (nSPS) is 11.9. The lowest BCUT2D eigenvalue weighted by molar-refractivity contribution is 0.242. The number of H-pyrrole nitrogens is 1. The summed E-state index contributed by atoms with van der Waals surface area (Å²) in [6, 6.07) is 24.8. The average Bonchev–Trinajstić information content (AvgIpc) is 3.48. The van der Waals surface area contributed by atoms with Crippen LogP contribution in [0, 0.1) is 0 Å². The van der Waals surface area contributed by atoms with Crippen LogP contribution in [0.2, 0.25) is 0 Å². The van der Waals surface area contributed by atoms with Crippen LogP contribution < -0.4 is 0 Å². The lowest BCUT2D eigenvalue weighted by Crippen LogP contribution is -2.23. The van der Waals surface area contributed by atoms with Gasteiger partial charge in [0.2, 0.25) is 0 Å². The van der Waals surface area contributed by atoms with E-state index in [1.807, 2.05) is 30.3 Å². The number of hydrogen-bond acceptors (Lipinski definition) is 6. The predicted molar refractivity (Wildman–Crippen MR) is 128 cm³/mol. The molecule has 0 radical (unpaired) electrons. The Morgan fingerprint density at radius 2 is 1.16 bits per heavy atom. The second-order valence-electron chi connectivity index (χ2n) is 7.50. The van der Waals surface area contributed by atoms with E-state index in [-0.39, 0.29) is 0 Å². The largest absolute Gasteiger partial charge is 0.341 e. The molecule has 6 aromatic rings. The quantitative estimate of drug-likeness (QED) is 0.345. The van der Waals surface area contributed by atoms with Gasteiger partial charge < -0.3 is 4.98 Å². The first-order valence-electron chi connectivity index (χ1n) is 10.1. The first kappa shape index (κ1) is 18.6. The summed E-state index contributed by atoms with van der Waals surface area (Å²) in [5.74, 6) is 0.962. The number of thiazole rings is 2. The number of nitrogens with one attached hydrogen (secondary N) is 1. The minimum absolute atomic E-state index is 0.709. The van der Waals surface area contributed by atoms with E-state index < -0.39 is 0 Å². The van der Waals surface area contributed by atoms with Gasteiger partial charge >= 0.3 is 0 Å². The number of para-hydroxylation sites is 4. The second kappa shape index (κ2) is 7.85. The van der Waals surface area contributed by atoms with Crippen molar-refractivity contribution in [1.82, 2.24) is 24.8 Å². The first-order chi connectivity index (χ1) is 15.3. The van der Waals surface area contributed by atoms with Gasteiger partial charge in [0.1, 0.15) is 15.8 Å². The molecule has 0 unspecified atom stereocenters. The van der Waals surface area contributed by atoms with Crippen molar-refractivity contribution in [3.05, 3.63) is 88.6 Å². The van der Waals surface area contributed by atoms with E-state index in [2.05, 4.69) is 52.3 Å². The number of rotatable bonds is 6. The van der Waals surface area contributed by atoms with Gasteiger partial charge in [-0.15, -0.1) is 22.7 Å². The molecule has 0 aliphatic heterocycles. The highest BCUT2D eigenvalue weighted by Crippen LogP contribution is 2.26. The molecule has 1 N–H and O–H groups in total. The maximum atomic E-state index is 4.85. The Labute approximate surface area is 187 Å². The average molecular weight is 442 g/mol. The first-order valence-corrected chi connectivity index (χ1v) is 11.8. The lowest BCUT2D eigenvalue weighted by Gasteiger charge is -2.18. The molecule has 0 amide bonds. The fourth-order valence-electron chi connectivity index (χ4n) is 3.82. The topological polar surface area (TPSA) is 57.7 Å². The van der Waals surface area contributed by atoms with Crippen molar-refractivity contribution in [2.24, 2.45) is 0 Å². The molecule has 0 bridgehead atoms. The zero-order chi connectivity index (χ0) is 20.6. The summed E-state index contributed by atoms with van der Waals surface area (Å²) < 4.78 is 2.45. The van der Waals surface area contributed by atoms with E-state index in [1.54, 1.807) is 22.7 Å². The van der Waals surface area contributed by atoms with E-state index >= 15 is 0 Å². The molecule has 152 valence electrons. The highest BCUT2D eigenvalue weighted by atomic mass is 32.1. The number of nitrogens with zero attached hydrogens (tertiary/aromatic N) is 4. The molecule has 5 nitrogen and oxygen atoms in total. The number of hydrogen-bond donors (Lipinski definition) is 1. The molecular weight excluding hydrogens is 422 g/mol. The standard InChI is InChI=1S/C24H19N5S2/c1-2-8-17-16(7-1)25-22(26-17)13-29(14-23-27-18-9-3-5-11-20(18)30-23)15-24-28-19-10-4-6-12-21(19)31-24/h1-12H,13-15H2,(H,25,26). The molecule has 0 aliphatic rings. The van der Waals surface area contributed by atoms with Crippen LogP contribution in [0.1, 0.15) is 15.8 Å². The molecule has 6 rings (SSSR count). The van der Waals surface area contributed by atoms with Crippen LogP contribution in [-0.4, -0.2) is 24.8 Å². The molecular formula is C24H19N5S2. The number of aromatic nitrogens is 4. The van der Waals surface area contributed by atoms with Crippen molar-refractivity contribution in [1.29, 1.82) is 0 Å². The molecule has 31 heavy (non-hydrogen) atoms. The third kappa shape index (κ3) is 3.83. The van der Waals surface area contributed by atoms with Crippen LogP contribution >= 0.6 is 22.7 Å². The zero-order valence-corrected chi connectivity index (χ0v) is 18.3. The van der Waals surface area contributed by atoms with E-state index in [9.17, 15) is 0 Å². The van der Waals surface area contributed by atoms with E-state index in [1.165, 1.54) is 9.40 Å². The van der Waals surface area contributed by atoms with Crippen molar-refractivity contribution in [3.63, 3.8) is 0 Å². The van der Waals surface area contributed by atoms with Gasteiger partial charge in [-0.25, -0.2) is 15.0 Å². The van der Waals surface area contributed by atoms with Gasteiger partial charge in [0, 0.05) is 0 Å². The zero-order valence-electron chi connectivity index (χ0n) is 16.7. The van der Waals surface area contributed by atoms with E-state index in [4.69, 9.17) is 15.0 Å². The van der Waals surface area contributed by atoms with Crippen molar-refractivity contribution in [2.75, 3.05) is 0 Å². The molecule has 0 fully saturated rings. The highest BCUT2D eigenvalue weighted by Gasteiger charge is 2.16. The third-order valence-electron chi connectivity index (χ3n) is 5.21. The Kier molecular flexibility index (Phi) is 4.71. The number of aromatic amines is 1. The Balaban J connectivity index is 1.32. The van der Waals surface area contributed by atoms with Crippen LogP contribution in [0.5, 0.6) is 0 Å². The summed E-state index contributed by atoms with van der Waals surface area (Å²) in [6.45, 7) is 2.22. The summed E-state index contributed by atoms with van der Waals surface area (Å²) in [7, 11) is 0. The number of fused-ring (bicyclic) bond motifs is 3. The second-order valence-corrected chi connectivity index (χ2v) is 9.73. The Bertz CT molecular complexity index is 1220. The molecule has 7 heteroatoms. The third-order valence-corrected chi connectivity index (χ3v) is 7.25. The molecule has 0 saturated carbocycles. The minimum Gasteiger partial charge on any atom is -0.341 e. The highest BCUT2D eigenvalue weighted by molar-refractivity contribution is 7.18. The Morgan fingerprint density at radius 3 is 1.74 bits per heavy atom. The number of imidazole rings is 1. The van der Waals surface area contributed by atoms with Crippen molar-refractivity contribution in [2.45, 2.75) is 19.6 Å². The van der Waals surface area contributed by atoms with E-state index in [0.717, 1.165) is 51.0 Å². The van der Waals surface area contributed by atoms with Gasteiger partial charge in [-0.3, -0.25) is 4.90 Å². The van der Waals surface area contributed by atoms with Gasteiger partial charge in [-0.2, -0.15) is 0 Å². The lowest BCUT2D eigenvalue weighted by atomic mass is 10.3. The maximum absolute atomic E-state index is 4.85. The fourth-order valence-corrected chi connectivity index (χ4v) is 5.84. The van der Waals surface area contributed by atoms with Gasteiger partial charge in [-0.05, 0) is 36.4 Å². The summed E-state index contributed by atoms with van der Waals surface area (Å²) in [5.41, 5.74) is 4.19. The van der Waals surface area contributed by atoms with Gasteiger partial charge in [-0.1, -0.05) is 36.4 Å². The Hall–Kier alpha value is -3.13. The van der Waals surface area contributed by atoms with Gasteiger partial charge in [0.05, 0.1) is 51.1 Å². The fraction of sp³-hybridized carbons (Fsp3) is 0.125. The molecule has 0 saturated heterocycles. The van der Waals surface area contributed by atoms with Crippen LogP contribution in [0.15, 0.2) is 72.8 Å². The molecule has 0 aliphatic carbocycles. The molecule has 0 atom stereocenters. The van der Waals surface area contributed by atoms with Crippen LogP contribution in [0.25, 0.3) is 31.5 Å². The predicted octanol–water partition coefficient (Wildman–Crippen LogP) is 5.98. The SMILES string of the molecule is c1ccc2[nH]c(CN(Cc3nc4ccccc4s3)Cc3nc4ccccc4s3)nc2c1. The van der Waals surface area contributed by atoms with Gasteiger partial charge in [0.15, 0.2) is 0 Å². The molecule has 3 aromatic heterocycles. The molecule has 3 heterocycles. The summed E-state index contributed by atoms with van der Waals surface area (Å²) in [4.78, 5) is 20.3. The monoisotopic (exact) mass is 441 g/mol. The van der Waals surface area contributed by atoms with Crippen molar-refractivity contribution >= 4 is 54.1 Å². The molecule has 3 aromatic carbocycles.